The molecule has 0 spiro atoms. The molecule has 0 saturated heterocycles. The Morgan fingerprint density at radius 2 is 1.12 bits per heavy atom. The zero-order valence-corrected chi connectivity index (χ0v) is 12.7. The van der Waals surface area contributed by atoms with Gasteiger partial charge in [0.25, 0.3) is 0 Å². The van der Waals surface area contributed by atoms with Crippen LogP contribution in [0.3, 0.4) is 0 Å². The minimum Gasteiger partial charge on any atom is -0.297 e. The SMILES string of the molecule is CC(C)CCC(S)C(=O)C(S)CCC(C)C. The highest BCUT2D eigenvalue weighted by Crippen LogP contribution is 2.19. The van der Waals surface area contributed by atoms with Crippen molar-refractivity contribution in [1.29, 1.82) is 0 Å². The minimum atomic E-state index is -0.128. The molecule has 0 aromatic rings. The lowest BCUT2D eigenvalue weighted by Gasteiger charge is -2.16. The van der Waals surface area contributed by atoms with Gasteiger partial charge in [-0.25, -0.2) is 0 Å². The highest BCUT2D eigenvalue weighted by Gasteiger charge is 2.21. The summed E-state index contributed by atoms with van der Waals surface area (Å²) in [6.45, 7) is 8.67. The van der Waals surface area contributed by atoms with Gasteiger partial charge in [0.05, 0.1) is 10.5 Å². The van der Waals surface area contributed by atoms with Crippen LogP contribution in [-0.4, -0.2) is 16.3 Å². The fraction of sp³-hybridized carbons (Fsp3) is 0.923. The van der Waals surface area contributed by atoms with Crippen LogP contribution in [0.4, 0.5) is 0 Å². The van der Waals surface area contributed by atoms with E-state index in [4.69, 9.17) is 0 Å². The average Bonchev–Trinajstić information content (AvgIpc) is 2.21. The van der Waals surface area contributed by atoms with E-state index in [2.05, 4.69) is 53.0 Å². The Morgan fingerprint density at radius 3 is 1.38 bits per heavy atom. The lowest BCUT2D eigenvalue weighted by molar-refractivity contribution is -0.118. The molecule has 0 aromatic carbocycles. The third kappa shape index (κ3) is 7.61. The van der Waals surface area contributed by atoms with E-state index in [1.54, 1.807) is 0 Å². The van der Waals surface area contributed by atoms with Crippen molar-refractivity contribution in [3.8, 4) is 0 Å². The second-order valence-electron chi connectivity index (χ2n) is 5.38. The van der Waals surface area contributed by atoms with Crippen LogP contribution >= 0.6 is 25.3 Å². The molecular formula is C13H26OS2. The number of Topliss-reactive ketones (excluding diaryl/α,β-unsaturated/α-hetero) is 1. The first-order valence-electron chi connectivity index (χ1n) is 6.24. The zero-order valence-electron chi connectivity index (χ0n) is 10.9. The number of carbonyl (C=O) groups excluding carboxylic acids is 1. The number of thiol groups is 2. The van der Waals surface area contributed by atoms with Gasteiger partial charge in [-0.05, 0) is 37.5 Å². The predicted molar refractivity (Wildman–Crippen MR) is 78.7 cm³/mol. The Hall–Kier alpha value is 0.370. The number of ketones is 1. The van der Waals surface area contributed by atoms with Crippen molar-refractivity contribution < 1.29 is 4.79 Å². The molecule has 16 heavy (non-hydrogen) atoms. The van der Waals surface area contributed by atoms with Gasteiger partial charge in [-0.15, -0.1) is 0 Å². The van der Waals surface area contributed by atoms with Crippen LogP contribution in [0, 0.1) is 11.8 Å². The van der Waals surface area contributed by atoms with Gasteiger partial charge in [-0.1, -0.05) is 27.7 Å². The highest BCUT2D eigenvalue weighted by molar-refractivity contribution is 7.83. The van der Waals surface area contributed by atoms with Crippen LogP contribution in [-0.2, 0) is 4.79 Å². The van der Waals surface area contributed by atoms with E-state index in [1.807, 2.05) is 0 Å². The molecule has 2 unspecified atom stereocenters. The summed E-state index contributed by atoms with van der Waals surface area (Å²) in [4.78, 5) is 11.9. The van der Waals surface area contributed by atoms with Crippen LogP contribution in [0.5, 0.6) is 0 Å². The second kappa shape index (κ2) is 8.46. The minimum absolute atomic E-state index is 0.128. The number of hydrogen-bond acceptors (Lipinski definition) is 3. The van der Waals surface area contributed by atoms with Crippen molar-refractivity contribution in [2.24, 2.45) is 11.8 Å². The van der Waals surface area contributed by atoms with E-state index in [0.717, 1.165) is 25.7 Å². The average molecular weight is 262 g/mol. The summed E-state index contributed by atoms with van der Waals surface area (Å²) in [5, 5.41) is -0.255. The van der Waals surface area contributed by atoms with E-state index >= 15 is 0 Å². The Kier molecular flexibility index (Phi) is 8.65. The summed E-state index contributed by atoms with van der Waals surface area (Å²) in [6.07, 6.45) is 3.87. The summed E-state index contributed by atoms with van der Waals surface area (Å²) < 4.78 is 0. The lowest BCUT2D eigenvalue weighted by atomic mass is 9.99. The molecule has 0 N–H and O–H groups in total. The third-order valence-corrected chi connectivity index (χ3v) is 3.72. The summed E-state index contributed by atoms with van der Waals surface area (Å²) in [5.41, 5.74) is 0. The molecule has 0 radical (unpaired) electrons. The first-order chi connectivity index (χ1) is 7.34. The van der Waals surface area contributed by atoms with Crippen LogP contribution in [0.25, 0.3) is 0 Å². The fourth-order valence-electron chi connectivity index (χ4n) is 1.49. The van der Waals surface area contributed by atoms with Crippen LogP contribution in [0.1, 0.15) is 53.4 Å². The first kappa shape index (κ1) is 16.4. The largest absolute Gasteiger partial charge is 0.297 e. The van der Waals surface area contributed by atoms with Crippen LogP contribution < -0.4 is 0 Å². The Bertz CT molecular complexity index is 182. The molecule has 0 amide bonds. The fourth-order valence-corrected chi connectivity index (χ4v) is 2.26. The van der Waals surface area contributed by atoms with Crippen molar-refractivity contribution in [3.63, 3.8) is 0 Å². The highest BCUT2D eigenvalue weighted by atomic mass is 32.1. The lowest BCUT2D eigenvalue weighted by Crippen LogP contribution is -2.25. The van der Waals surface area contributed by atoms with Crippen molar-refractivity contribution >= 4 is 31.0 Å². The van der Waals surface area contributed by atoms with E-state index in [1.165, 1.54) is 0 Å². The summed E-state index contributed by atoms with van der Waals surface area (Å²) in [5.74, 6) is 1.47. The van der Waals surface area contributed by atoms with Crippen molar-refractivity contribution in [2.45, 2.75) is 63.9 Å². The van der Waals surface area contributed by atoms with E-state index in [-0.39, 0.29) is 16.3 Å². The summed E-state index contributed by atoms with van der Waals surface area (Å²) in [7, 11) is 0. The molecular weight excluding hydrogens is 236 g/mol. The molecule has 0 aliphatic carbocycles. The Labute approximate surface area is 112 Å². The molecule has 0 saturated carbocycles. The summed E-state index contributed by atoms with van der Waals surface area (Å²) in [6, 6.07) is 0. The number of carbonyl (C=O) groups is 1. The Morgan fingerprint density at radius 1 is 0.812 bits per heavy atom. The standard InChI is InChI=1S/C13H26OS2/c1-9(2)5-7-11(15)13(14)12(16)8-6-10(3)4/h9-12,15-16H,5-8H2,1-4H3. The van der Waals surface area contributed by atoms with Gasteiger partial charge in [0.1, 0.15) is 0 Å². The van der Waals surface area contributed by atoms with Crippen molar-refractivity contribution in [2.75, 3.05) is 0 Å². The van der Waals surface area contributed by atoms with Crippen molar-refractivity contribution in [1.82, 2.24) is 0 Å². The molecule has 0 aliphatic rings. The van der Waals surface area contributed by atoms with Gasteiger partial charge in [0.2, 0.25) is 0 Å². The van der Waals surface area contributed by atoms with E-state index < -0.39 is 0 Å². The predicted octanol–water partition coefficient (Wildman–Crippen LogP) is 4.02. The first-order valence-corrected chi connectivity index (χ1v) is 7.27. The molecule has 1 nitrogen and oxygen atoms in total. The van der Waals surface area contributed by atoms with Crippen molar-refractivity contribution in [3.05, 3.63) is 0 Å². The molecule has 3 heteroatoms. The summed E-state index contributed by atoms with van der Waals surface area (Å²) >= 11 is 8.77. The molecule has 2 atom stereocenters. The molecule has 0 aromatic heterocycles. The maximum absolute atomic E-state index is 11.9. The van der Waals surface area contributed by atoms with Gasteiger partial charge in [0.15, 0.2) is 5.78 Å². The van der Waals surface area contributed by atoms with Gasteiger partial charge in [-0.3, -0.25) is 4.79 Å². The zero-order chi connectivity index (χ0) is 12.7. The second-order valence-corrected chi connectivity index (χ2v) is 6.62. The van der Waals surface area contributed by atoms with Crippen LogP contribution in [0.15, 0.2) is 0 Å². The smallest absolute Gasteiger partial charge is 0.158 e. The van der Waals surface area contributed by atoms with E-state index in [0.29, 0.717) is 11.8 Å². The molecule has 96 valence electrons. The van der Waals surface area contributed by atoms with Gasteiger partial charge in [-0.2, -0.15) is 25.3 Å². The quantitative estimate of drug-likeness (QED) is 0.632. The Balaban J connectivity index is 3.91. The normalized spacial score (nSPS) is 15.5. The van der Waals surface area contributed by atoms with Gasteiger partial charge < -0.3 is 0 Å². The van der Waals surface area contributed by atoms with Gasteiger partial charge in [0, 0.05) is 0 Å². The molecule has 0 fully saturated rings. The van der Waals surface area contributed by atoms with E-state index in [9.17, 15) is 4.79 Å². The number of rotatable bonds is 8. The number of hydrogen-bond donors (Lipinski definition) is 2. The molecule has 0 bridgehead atoms. The maximum atomic E-state index is 11.9. The molecule has 0 heterocycles. The monoisotopic (exact) mass is 262 g/mol. The van der Waals surface area contributed by atoms with Crippen LogP contribution in [0.2, 0.25) is 0 Å². The molecule has 0 aliphatic heterocycles. The maximum Gasteiger partial charge on any atom is 0.158 e. The molecule has 0 rings (SSSR count). The topological polar surface area (TPSA) is 17.1 Å². The van der Waals surface area contributed by atoms with Gasteiger partial charge >= 0.3 is 0 Å². The third-order valence-electron chi connectivity index (χ3n) is 2.69.